The standard InChI is InChI=1S/C27H29FN6O/c1-2-15-10-25(35)21(28)11-20(15)16-3-6-19-23(9-16)31-32-26(19)27-29-22-7-8-33(14-24(22)30-27)18-12-34(13-18)17-4-5-17/h3,6,9-11,17-18,35H,2,4-5,7-8,12-14H2,1H3,(H,29,30)(H,31,32). The molecule has 1 aliphatic carbocycles. The smallest absolute Gasteiger partial charge is 0.165 e. The molecule has 3 aliphatic rings. The average Bonchev–Trinajstić information content (AvgIpc) is 3.43. The molecule has 2 aliphatic heterocycles. The van der Waals surface area contributed by atoms with E-state index in [-0.39, 0.29) is 5.75 Å². The van der Waals surface area contributed by atoms with Crippen LogP contribution in [0.25, 0.3) is 33.5 Å². The first-order valence-electron chi connectivity index (χ1n) is 12.6. The minimum absolute atomic E-state index is 0.312. The summed E-state index contributed by atoms with van der Waals surface area (Å²) < 4.78 is 14.1. The zero-order valence-corrected chi connectivity index (χ0v) is 19.8. The van der Waals surface area contributed by atoms with Crippen LogP contribution in [0.5, 0.6) is 5.75 Å². The maximum atomic E-state index is 14.1. The highest BCUT2D eigenvalue weighted by Crippen LogP contribution is 2.35. The van der Waals surface area contributed by atoms with Crippen molar-refractivity contribution in [1.82, 2.24) is 30.0 Å². The number of benzene rings is 2. The quantitative estimate of drug-likeness (QED) is 0.405. The molecule has 0 unspecified atom stereocenters. The number of imidazole rings is 1. The van der Waals surface area contributed by atoms with Gasteiger partial charge in [-0.3, -0.25) is 14.9 Å². The van der Waals surface area contributed by atoms with Gasteiger partial charge in [0.15, 0.2) is 17.4 Å². The second kappa shape index (κ2) is 7.90. The van der Waals surface area contributed by atoms with Crippen LogP contribution < -0.4 is 0 Å². The minimum atomic E-state index is -0.611. The van der Waals surface area contributed by atoms with Crippen molar-refractivity contribution >= 4 is 10.9 Å². The van der Waals surface area contributed by atoms with E-state index in [1.54, 1.807) is 0 Å². The number of halogens is 1. The molecular weight excluding hydrogens is 443 g/mol. The molecule has 35 heavy (non-hydrogen) atoms. The number of rotatable bonds is 5. The first-order valence-corrected chi connectivity index (χ1v) is 12.6. The van der Waals surface area contributed by atoms with E-state index >= 15 is 0 Å². The molecule has 8 heteroatoms. The van der Waals surface area contributed by atoms with Gasteiger partial charge in [-0.2, -0.15) is 5.10 Å². The summed E-state index contributed by atoms with van der Waals surface area (Å²) in [6.07, 6.45) is 4.42. The number of aryl methyl sites for hydroxylation is 1. The van der Waals surface area contributed by atoms with Crippen LogP contribution in [-0.4, -0.2) is 66.8 Å². The number of nitrogens with one attached hydrogen (secondary N) is 2. The van der Waals surface area contributed by atoms with Crippen molar-refractivity contribution in [2.24, 2.45) is 0 Å². The molecule has 3 N–H and O–H groups in total. The lowest BCUT2D eigenvalue weighted by atomic mass is 9.96. The zero-order valence-electron chi connectivity index (χ0n) is 19.8. The molecule has 0 radical (unpaired) electrons. The lowest BCUT2D eigenvalue weighted by Crippen LogP contribution is -2.60. The predicted octanol–water partition coefficient (Wildman–Crippen LogP) is 4.23. The maximum Gasteiger partial charge on any atom is 0.165 e. The number of nitrogens with zero attached hydrogens (tertiary/aromatic N) is 4. The summed E-state index contributed by atoms with van der Waals surface area (Å²) in [5.74, 6) is -0.123. The normalized spacial score (nSPS) is 19.3. The number of aromatic nitrogens is 4. The van der Waals surface area contributed by atoms with E-state index in [4.69, 9.17) is 4.98 Å². The Hall–Kier alpha value is -3.23. The Bertz CT molecular complexity index is 1430. The fraction of sp³-hybridized carbons (Fsp3) is 0.407. The Morgan fingerprint density at radius 1 is 1.11 bits per heavy atom. The zero-order chi connectivity index (χ0) is 23.7. The fourth-order valence-electron chi connectivity index (χ4n) is 5.73. The van der Waals surface area contributed by atoms with Crippen LogP contribution in [-0.2, 0) is 19.4 Å². The lowest BCUT2D eigenvalue weighted by molar-refractivity contribution is 0.0198. The number of H-pyrrole nitrogens is 2. The van der Waals surface area contributed by atoms with Gasteiger partial charge in [0.1, 0.15) is 5.69 Å². The Kier molecular flexibility index (Phi) is 4.76. The average molecular weight is 473 g/mol. The highest BCUT2D eigenvalue weighted by molar-refractivity contribution is 5.94. The van der Waals surface area contributed by atoms with Gasteiger partial charge in [0.2, 0.25) is 0 Å². The summed E-state index contributed by atoms with van der Waals surface area (Å²) in [4.78, 5) is 13.7. The van der Waals surface area contributed by atoms with Crippen LogP contribution in [0.15, 0.2) is 30.3 Å². The van der Waals surface area contributed by atoms with Crippen LogP contribution in [0.1, 0.15) is 36.7 Å². The first kappa shape index (κ1) is 21.1. The number of aromatic hydroxyl groups is 1. The Balaban J connectivity index is 1.15. The number of likely N-dealkylation sites (tertiary alicyclic amines) is 1. The third kappa shape index (κ3) is 3.54. The second-order valence-corrected chi connectivity index (χ2v) is 10.2. The molecule has 7 rings (SSSR count). The molecule has 0 atom stereocenters. The van der Waals surface area contributed by atoms with Gasteiger partial charge in [-0.05, 0) is 60.2 Å². The third-order valence-corrected chi connectivity index (χ3v) is 7.98. The van der Waals surface area contributed by atoms with Gasteiger partial charge < -0.3 is 10.1 Å². The van der Waals surface area contributed by atoms with E-state index < -0.39 is 5.82 Å². The topological polar surface area (TPSA) is 84.1 Å². The molecular formula is C27H29FN6O. The Morgan fingerprint density at radius 3 is 2.77 bits per heavy atom. The fourth-order valence-corrected chi connectivity index (χ4v) is 5.73. The van der Waals surface area contributed by atoms with Crippen LogP contribution >= 0.6 is 0 Å². The molecule has 0 bridgehead atoms. The van der Waals surface area contributed by atoms with Gasteiger partial charge in [0, 0.05) is 50.1 Å². The molecule has 0 spiro atoms. The number of aromatic amines is 2. The maximum absolute atomic E-state index is 14.1. The molecule has 2 aromatic carbocycles. The van der Waals surface area contributed by atoms with Gasteiger partial charge >= 0.3 is 0 Å². The summed E-state index contributed by atoms with van der Waals surface area (Å²) >= 11 is 0. The predicted molar refractivity (Wildman–Crippen MR) is 133 cm³/mol. The van der Waals surface area contributed by atoms with Gasteiger partial charge in [0.25, 0.3) is 0 Å². The third-order valence-electron chi connectivity index (χ3n) is 7.98. The van der Waals surface area contributed by atoms with Crippen molar-refractivity contribution in [1.29, 1.82) is 0 Å². The summed E-state index contributed by atoms with van der Waals surface area (Å²) in [6, 6.07) is 10.4. The van der Waals surface area contributed by atoms with Crippen LogP contribution in [0, 0.1) is 5.82 Å². The lowest BCUT2D eigenvalue weighted by Gasteiger charge is -2.46. The molecule has 0 amide bonds. The molecule has 2 fully saturated rings. The Morgan fingerprint density at radius 2 is 1.97 bits per heavy atom. The van der Waals surface area contributed by atoms with Gasteiger partial charge in [-0.15, -0.1) is 0 Å². The van der Waals surface area contributed by atoms with Gasteiger partial charge in [-0.1, -0.05) is 13.0 Å². The number of phenols is 1. The highest BCUT2D eigenvalue weighted by atomic mass is 19.1. The molecule has 1 saturated carbocycles. The van der Waals surface area contributed by atoms with Crippen molar-refractivity contribution < 1.29 is 9.50 Å². The van der Waals surface area contributed by atoms with Gasteiger partial charge in [-0.25, -0.2) is 9.37 Å². The summed E-state index contributed by atoms with van der Waals surface area (Å²) in [5, 5.41) is 18.5. The number of phenolic OH excluding ortho intramolecular Hbond substituents is 1. The SMILES string of the molecule is CCc1cc(O)c(F)cc1-c1ccc2c(-c3nc4c([nH]3)CN(C3CN(C5CC5)C3)CC4)n[nH]c2c1. The van der Waals surface area contributed by atoms with E-state index in [0.29, 0.717) is 12.5 Å². The van der Waals surface area contributed by atoms with Gasteiger partial charge in [0.05, 0.1) is 16.9 Å². The first-order chi connectivity index (χ1) is 17.1. The minimum Gasteiger partial charge on any atom is -0.505 e. The molecule has 7 nitrogen and oxygen atoms in total. The van der Waals surface area contributed by atoms with Crippen molar-refractivity contribution in [3.63, 3.8) is 0 Å². The molecule has 180 valence electrons. The highest BCUT2D eigenvalue weighted by Gasteiger charge is 2.41. The van der Waals surface area contributed by atoms with Crippen LogP contribution in [0.2, 0.25) is 0 Å². The van der Waals surface area contributed by atoms with E-state index in [2.05, 4.69) is 25.0 Å². The van der Waals surface area contributed by atoms with E-state index in [0.717, 1.165) is 70.4 Å². The van der Waals surface area contributed by atoms with Crippen molar-refractivity contribution in [2.45, 2.75) is 51.2 Å². The monoisotopic (exact) mass is 472 g/mol. The van der Waals surface area contributed by atoms with E-state index in [1.807, 2.05) is 25.1 Å². The molecule has 4 aromatic rings. The summed E-state index contributed by atoms with van der Waals surface area (Å²) in [5.41, 5.74) is 6.61. The number of fused-ring (bicyclic) bond motifs is 2. The largest absolute Gasteiger partial charge is 0.505 e. The molecule has 1 saturated heterocycles. The van der Waals surface area contributed by atoms with E-state index in [9.17, 15) is 9.50 Å². The summed E-state index contributed by atoms with van der Waals surface area (Å²) in [7, 11) is 0. The second-order valence-electron chi connectivity index (χ2n) is 10.2. The summed E-state index contributed by atoms with van der Waals surface area (Å²) in [6.45, 7) is 6.39. The van der Waals surface area contributed by atoms with Crippen molar-refractivity contribution in [3.05, 3.63) is 53.1 Å². The number of hydrogen-bond donors (Lipinski definition) is 3. The van der Waals surface area contributed by atoms with Crippen LogP contribution in [0.4, 0.5) is 4.39 Å². The molecule has 2 aromatic heterocycles. The van der Waals surface area contributed by atoms with Crippen LogP contribution in [0.3, 0.4) is 0 Å². The number of hydrogen-bond acceptors (Lipinski definition) is 5. The van der Waals surface area contributed by atoms with Crippen molar-refractivity contribution in [2.75, 3.05) is 19.6 Å². The van der Waals surface area contributed by atoms with Crippen molar-refractivity contribution in [3.8, 4) is 28.4 Å². The Labute approximate surface area is 203 Å². The molecule has 4 heterocycles. The van der Waals surface area contributed by atoms with E-state index in [1.165, 1.54) is 43.8 Å².